The lowest BCUT2D eigenvalue weighted by atomic mass is 9.95. The van der Waals surface area contributed by atoms with Crippen LogP contribution in [0.4, 0.5) is 0 Å². The molecular weight excluding hydrogens is 262 g/mol. The lowest BCUT2D eigenvalue weighted by Crippen LogP contribution is -2.57. The molecule has 6 heteroatoms. The fraction of sp³-hybridized carbons (Fsp3) is 1.00. The van der Waals surface area contributed by atoms with E-state index in [0.717, 1.165) is 45.3 Å². The van der Waals surface area contributed by atoms with E-state index in [1.807, 2.05) is 4.31 Å². The van der Waals surface area contributed by atoms with Gasteiger partial charge in [-0.25, -0.2) is 0 Å². The Labute approximate surface area is 116 Å². The summed E-state index contributed by atoms with van der Waals surface area (Å²) in [7, 11) is -3.22. The Morgan fingerprint density at radius 1 is 0.842 bits per heavy atom. The summed E-state index contributed by atoms with van der Waals surface area (Å²) in [5.41, 5.74) is 0. The second-order valence-electron chi connectivity index (χ2n) is 6.02. The van der Waals surface area contributed by atoms with E-state index in [2.05, 4.69) is 5.32 Å². The summed E-state index contributed by atoms with van der Waals surface area (Å²) in [4.78, 5) is 0. The maximum absolute atomic E-state index is 12.8. The molecule has 5 nitrogen and oxygen atoms in total. The highest BCUT2D eigenvalue weighted by Gasteiger charge is 2.41. The first-order chi connectivity index (χ1) is 9.19. The van der Waals surface area contributed by atoms with Crippen LogP contribution in [0.2, 0.25) is 0 Å². The predicted octanol–water partition coefficient (Wildman–Crippen LogP) is 0.933. The topological polar surface area (TPSA) is 52.7 Å². The molecule has 0 aromatic carbocycles. The fourth-order valence-electron chi connectivity index (χ4n) is 3.74. The summed E-state index contributed by atoms with van der Waals surface area (Å²) < 4.78 is 29.2. The molecule has 0 radical (unpaired) electrons. The molecule has 0 bridgehead atoms. The molecule has 1 unspecified atom stereocenters. The van der Waals surface area contributed by atoms with Crippen molar-refractivity contribution in [2.45, 2.75) is 57.0 Å². The Bertz CT molecular complexity index is 400. The van der Waals surface area contributed by atoms with Crippen molar-refractivity contribution in [3.05, 3.63) is 0 Å². The smallest absolute Gasteiger partial charge is 0.282 e. The van der Waals surface area contributed by atoms with Gasteiger partial charge >= 0.3 is 0 Å². The van der Waals surface area contributed by atoms with Gasteiger partial charge in [0.25, 0.3) is 10.2 Å². The number of hydrogen-bond donors (Lipinski definition) is 1. The molecule has 1 saturated carbocycles. The van der Waals surface area contributed by atoms with E-state index >= 15 is 0 Å². The van der Waals surface area contributed by atoms with Crippen LogP contribution in [0.25, 0.3) is 0 Å². The zero-order valence-corrected chi connectivity index (χ0v) is 12.4. The van der Waals surface area contributed by atoms with Gasteiger partial charge in [0.2, 0.25) is 0 Å². The second kappa shape index (κ2) is 5.68. The van der Waals surface area contributed by atoms with Gasteiger partial charge < -0.3 is 5.32 Å². The Kier molecular flexibility index (Phi) is 4.12. The zero-order valence-electron chi connectivity index (χ0n) is 11.6. The van der Waals surface area contributed by atoms with E-state index in [1.54, 1.807) is 4.31 Å². The predicted molar refractivity (Wildman–Crippen MR) is 75.1 cm³/mol. The van der Waals surface area contributed by atoms with Crippen molar-refractivity contribution in [1.82, 2.24) is 13.9 Å². The van der Waals surface area contributed by atoms with Crippen molar-refractivity contribution in [3.63, 3.8) is 0 Å². The highest BCUT2D eigenvalue weighted by molar-refractivity contribution is 7.86. The molecule has 1 atom stereocenters. The van der Waals surface area contributed by atoms with Gasteiger partial charge in [0.05, 0.1) is 0 Å². The van der Waals surface area contributed by atoms with Crippen LogP contribution < -0.4 is 5.32 Å². The van der Waals surface area contributed by atoms with Crippen molar-refractivity contribution in [2.75, 3.05) is 26.2 Å². The first-order valence-electron chi connectivity index (χ1n) is 7.69. The second-order valence-corrected chi connectivity index (χ2v) is 7.85. The summed E-state index contributed by atoms with van der Waals surface area (Å²) in [6, 6.07) is 0.437. The van der Waals surface area contributed by atoms with Gasteiger partial charge in [-0.2, -0.15) is 17.0 Å². The lowest BCUT2D eigenvalue weighted by Gasteiger charge is -2.42. The highest BCUT2D eigenvalue weighted by Crippen LogP contribution is 2.30. The third-order valence-electron chi connectivity index (χ3n) is 4.77. The molecule has 3 rings (SSSR count). The third kappa shape index (κ3) is 2.68. The van der Waals surface area contributed by atoms with Gasteiger partial charge in [0, 0.05) is 31.7 Å². The Hall–Kier alpha value is -0.170. The third-order valence-corrected chi connectivity index (χ3v) is 6.92. The zero-order chi connectivity index (χ0) is 13.3. The Balaban J connectivity index is 1.77. The largest absolute Gasteiger partial charge is 0.315 e. The van der Waals surface area contributed by atoms with Crippen LogP contribution in [0.1, 0.15) is 44.9 Å². The van der Waals surface area contributed by atoms with Crippen molar-refractivity contribution >= 4 is 10.2 Å². The molecule has 2 aliphatic heterocycles. The van der Waals surface area contributed by atoms with Gasteiger partial charge in [-0.3, -0.25) is 0 Å². The Morgan fingerprint density at radius 2 is 1.53 bits per heavy atom. The highest BCUT2D eigenvalue weighted by atomic mass is 32.2. The maximum atomic E-state index is 12.8. The van der Waals surface area contributed by atoms with Crippen molar-refractivity contribution in [3.8, 4) is 0 Å². The summed E-state index contributed by atoms with van der Waals surface area (Å²) in [6.45, 7) is 3.19. The fourth-order valence-corrected chi connectivity index (χ4v) is 5.88. The average Bonchev–Trinajstić information content (AvgIpc) is 2.92. The van der Waals surface area contributed by atoms with Gasteiger partial charge in [0.15, 0.2) is 0 Å². The molecule has 0 spiro atoms. The monoisotopic (exact) mass is 287 g/mol. The molecule has 19 heavy (non-hydrogen) atoms. The van der Waals surface area contributed by atoms with Crippen molar-refractivity contribution in [1.29, 1.82) is 0 Å². The molecule has 110 valence electrons. The van der Waals surface area contributed by atoms with Crippen molar-refractivity contribution in [2.24, 2.45) is 0 Å². The quantitative estimate of drug-likeness (QED) is 0.822. The summed E-state index contributed by atoms with van der Waals surface area (Å²) in [6.07, 6.45) is 7.67. The normalized spacial score (nSPS) is 34.6. The van der Waals surface area contributed by atoms with E-state index < -0.39 is 10.2 Å². The van der Waals surface area contributed by atoms with Crippen LogP contribution in [0.3, 0.4) is 0 Å². The van der Waals surface area contributed by atoms with Crippen LogP contribution in [-0.2, 0) is 10.2 Å². The summed E-state index contributed by atoms with van der Waals surface area (Å²) in [5.74, 6) is 0. The molecule has 0 aromatic rings. The van der Waals surface area contributed by atoms with Crippen LogP contribution >= 0.6 is 0 Å². The molecule has 3 aliphatic rings. The van der Waals surface area contributed by atoms with Gasteiger partial charge in [-0.15, -0.1) is 0 Å². The van der Waals surface area contributed by atoms with Crippen LogP contribution in [-0.4, -0.2) is 55.3 Å². The molecule has 0 aromatic heterocycles. The van der Waals surface area contributed by atoms with Gasteiger partial charge in [-0.1, -0.05) is 19.3 Å². The summed E-state index contributed by atoms with van der Waals surface area (Å²) >= 11 is 0. The SMILES string of the molecule is O=S1(=O)N(C2CCCCC2)CCCN1C1CCNC1. The van der Waals surface area contributed by atoms with Gasteiger partial charge in [0.1, 0.15) is 0 Å². The first-order valence-corrected chi connectivity index (χ1v) is 9.08. The van der Waals surface area contributed by atoms with Gasteiger partial charge in [-0.05, 0) is 32.2 Å². The van der Waals surface area contributed by atoms with Crippen molar-refractivity contribution < 1.29 is 8.42 Å². The van der Waals surface area contributed by atoms with Crippen LogP contribution in [0, 0.1) is 0 Å². The van der Waals surface area contributed by atoms with E-state index in [1.165, 1.54) is 19.3 Å². The summed E-state index contributed by atoms with van der Waals surface area (Å²) in [5, 5.41) is 3.28. The molecule has 0 amide bonds. The Morgan fingerprint density at radius 3 is 2.16 bits per heavy atom. The number of nitrogens with one attached hydrogen (secondary N) is 1. The molecule has 2 saturated heterocycles. The number of nitrogens with zero attached hydrogens (tertiary/aromatic N) is 2. The number of hydrogen-bond acceptors (Lipinski definition) is 3. The molecule has 3 fully saturated rings. The van der Waals surface area contributed by atoms with Crippen LogP contribution in [0.5, 0.6) is 0 Å². The molecule has 2 heterocycles. The number of rotatable bonds is 2. The average molecular weight is 287 g/mol. The molecule has 1 aliphatic carbocycles. The minimum absolute atomic E-state index is 0.177. The standard InChI is InChI=1S/C13H25N3O2S/c17-19(18)15(12-5-2-1-3-6-12)9-4-10-16(19)13-7-8-14-11-13/h12-14H,1-11H2. The minimum Gasteiger partial charge on any atom is -0.315 e. The van der Waals surface area contributed by atoms with E-state index in [-0.39, 0.29) is 12.1 Å². The van der Waals surface area contributed by atoms with E-state index in [0.29, 0.717) is 6.54 Å². The first kappa shape index (κ1) is 13.8. The van der Waals surface area contributed by atoms with E-state index in [9.17, 15) is 8.42 Å². The molecule has 1 N–H and O–H groups in total. The maximum Gasteiger partial charge on any atom is 0.282 e. The van der Waals surface area contributed by atoms with Crippen LogP contribution in [0.15, 0.2) is 0 Å². The minimum atomic E-state index is -3.22. The van der Waals surface area contributed by atoms with E-state index in [4.69, 9.17) is 0 Å². The molecular formula is C13H25N3O2S. The lowest BCUT2D eigenvalue weighted by molar-refractivity contribution is 0.188.